The van der Waals surface area contributed by atoms with E-state index in [1.165, 1.54) is 29.5 Å². The number of nitro groups is 1. The van der Waals surface area contributed by atoms with Crippen molar-refractivity contribution in [1.82, 2.24) is 0 Å². The molecule has 0 saturated heterocycles. The van der Waals surface area contributed by atoms with E-state index < -0.39 is 10.9 Å². The Bertz CT molecular complexity index is 624. The van der Waals surface area contributed by atoms with Gasteiger partial charge in [-0.25, -0.2) is 4.79 Å². The Hall–Kier alpha value is -2.41. The van der Waals surface area contributed by atoms with Crippen molar-refractivity contribution in [2.45, 2.75) is 6.92 Å². The van der Waals surface area contributed by atoms with Crippen LogP contribution < -0.4 is 9.47 Å². The van der Waals surface area contributed by atoms with Crippen molar-refractivity contribution in [3.8, 4) is 11.5 Å². The third kappa shape index (κ3) is 2.94. The number of esters is 1. The first-order valence-corrected chi connectivity index (χ1v) is 6.67. The predicted octanol–water partition coefficient (Wildman–Crippen LogP) is 3.27. The number of thiophene rings is 1. The molecule has 20 heavy (non-hydrogen) atoms. The quantitative estimate of drug-likeness (QED) is 0.366. The normalized spacial score (nSPS) is 10.1. The van der Waals surface area contributed by atoms with Gasteiger partial charge in [-0.1, -0.05) is 12.1 Å². The van der Waals surface area contributed by atoms with Crippen LogP contribution in [0.5, 0.6) is 11.5 Å². The van der Waals surface area contributed by atoms with Crippen LogP contribution >= 0.6 is 11.3 Å². The first-order valence-electron chi connectivity index (χ1n) is 5.79. The average molecular weight is 293 g/mol. The molecule has 0 fully saturated rings. The third-order valence-corrected chi connectivity index (χ3v) is 3.22. The van der Waals surface area contributed by atoms with E-state index in [4.69, 9.17) is 9.47 Å². The van der Waals surface area contributed by atoms with Gasteiger partial charge in [0.15, 0.2) is 5.75 Å². The van der Waals surface area contributed by atoms with Crippen molar-refractivity contribution in [1.29, 1.82) is 0 Å². The zero-order valence-corrected chi connectivity index (χ0v) is 11.4. The highest BCUT2D eigenvalue weighted by Crippen LogP contribution is 2.37. The second-order valence-corrected chi connectivity index (χ2v) is 4.61. The van der Waals surface area contributed by atoms with Gasteiger partial charge in [-0.2, -0.15) is 0 Å². The summed E-state index contributed by atoms with van der Waals surface area (Å²) in [6, 6.07) is 7.55. The summed E-state index contributed by atoms with van der Waals surface area (Å²) < 4.78 is 10.4. The van der Waals surface area contributed by atoms with Gasteiger partial charge in [0, 0.05) is 6.07 Å². The molecule has 1 heterocycles. The van der Waals surface area contributed by atoms with Gasteiger partial charge >= 0.3 is 11.7 Å². The van der Waals surface area contributed by atoms with Crippen LogP contribution in [0.2, 0.25) is 0 Å². The highest BCUT2D eigenvalue weighted by atomic mass is 32.1. The lowest BCUT2D eigenvalue weighted by atomic mass is 10.2. The fourth-order valence-corrected chi connectivity index (χ4v) is 2.16. The Morgan fingerprint density at radius 2 is 2.15 bits per heavy atom. The number of ether oxygens (including phenoxy) is 2. The molecule has 6 nitrogen and oxygen atoms in total. The van der Waals surface area contributed by atoms with Gasteiger partial charge in [-0.05, 0) is 24.4 Å². The van der Waals surface area contributed by atoms with Gasteiger partial charge in [0.05, 0.1) is 11.5 Å². The molecule has 2 aromatic rings. The molecule has 0 unspecified atom stereocenters. The first-order chi connectivity index (χ1) is 9.63. The smallest absolute Gasteiger partial charge is 0.354 e. The molecule has 1 aromatic heterocycles. The lowest BCUT2D eigenvalue weighted by molar-refractivity contribution is -0.385. The Labute approximate surface area is 118 Å². The van der Waals surface area contributed by atoms with Gasteiger partial charge < -0.3 is 9.47 Å². The number of nitro benzene ring substituents is 1. The predicted molar refractivity (Wildman–Crippen MR) is 73.5 cm³/mol. The molecule has 0 radical (unpaired) electrons. The van der Waals surface area contributed by atoms with Crippen LogP contribution in [0.15, 0.2) is 35.7 Å². The molecular weight excluding hydrogens is 282 g/mol. The summed E-state index contributed by atoms with van der Waals surface area (Å²) in [6.45, 7) is 2.05. The Kier molecular flexibility index (Phi) is 4.31. The summed E-state index contributed by atoms with van der Waals surface area (Å²) in [7, 11) is 0. The molecule has 0 saturated carbocycles. The zero-order chi connectivity index (χ0) is 14.5. The van der Waals surface area contributed by atoms with E-state index in [1.54, 1.807) is 24.4 Å². The van der Waals surface area contributed by atoms with Crippen LogP contribution in [0.4, 0.5) is 5.69 Å². The topological polar surface area (TPSA) is 78.7 Å². The largest absolute Gasteiger partial charge is 0.490 e. The van der Waals surface area contributed by atoms with E-state index in [-0.39, 0.29) is 17.2 Å². The van der Waals surface area contributed by atoms with E-state index in [1.807, 2.05) is 0 Å². The van der Waals surface area contributed by atoms with Crippen LogP contribution in [-0.4, -0.2) is 17.5 Å². The van der Waals surface area contributed by atoms with Crippen LogP contribution in [0.1, 0.15) is 16.6 Å². The van der Waals surface area contributed by atoms with Gasteiger partial charge in [-0.3, -0.25) is 10.1 Å². The summed E-state index contributed by atoms with van der Waals surface area (Å²) in [5.74, 6) is -0.639. The zero-order valence-electron chi connectivity index (χ0n) is 10.6. The summed E-state index contributed by atoms with van der Waals surface area (Å²) in [5, 5.41) is 12.7. The van der Waals surface area contributed by atoms with E-state index in [9.17, 15) is 14.9 Å². The molecule has 1 aromatic carbocycles. The molecule has 0 bridgehead atoms. The fourth-order valence-electron chi connectivity index (χ4n) is 1.56. The van der Waals surface area contributed by atoms with Crippen molar-refractivity contribution in [3.05, 3.63) is 50.7 Å². The molecule has 0 amide bonds. The minimum atomic E-state index is -0.643. The summed E-state index contributed by atoms with van der Waals surface area (Å²) in [4.78, 5) is 22.7. The van der Waals surface area contributed by atoms with Crippen LogP contribution in [0.25, 0.3) is 0 Å². The molecule has 0 aliphatic carbocycles. The summed E-state index contributed by atoms with van der Waals surface area (Å²) in [5.41, 5.74) is -0.305. The van der Waals surface area contributed by atoms with Crippen molar-refractivity contribution < 1.29 is 19.2 Å². The van der Waals surface area contributed by atoms with Gasteiger partial charge in [-0.15, -0.1) is 11.3 Å². The number of carbonyl (C=O) groups excluding carboxylic acids is 1. The summed E-state index contributed by atoms with van der Waals surface area (Å²) >= 11 is 1.20. The van der Waals surface area contributed by atoms with E-state index >= 15 is 0 Å². The maximum Gasteiger partial charge on any atom is 0.354 e. The molecule has 0 N–H and O–H groups in total. The lowest BCUT2D eigenvalue weighted by Crippen LogP contribution is -2.09. The Morgan fingerprint density at radius 1 is 1.35 bits per heavy atom. The molecule has 104 valence electrons. The standard InChI is InChI=1S/C13H11NO5S/c1-2-18-10-6-3-5-9(14(16)17)12(10)19-13(15)11-7-4-8-20-11/h3-8H,2H2,1H3. The molecule has 0 spiro atoms. The number of hydrogen-bond acceptors (Lipinski definition) is 6. The van der Waals surface area contributed by atoms with E-state index in [2.05, 4.69) is 0 Å². The lowest BCUT2D eigenvalue weighted by Gasteiger charge is -2.09. The average Bonchev–Trinajstić information content (AvgIpc) is 2.94. The highest BCUT2D eigenvalue weighted by Gasteiger charge is 2.23. The van der Waals surface area contributed by atoms with E-state index in [0.29, 0.717) is 11.5 Å². The fraction of sp³-hybridized carbons (Fsp3) is 0.154. The number of nitrogens with zero attached hydrogens (tertiary/aromatic N) is 1. The second kappa shape index (κ2) is 6.16. The van der Waals surface area contributed by atoms with Crippen molar-refractivity contribution in [2.24, 2.45) is 0 Å². The van der Waals surface area contributed by atoms with Crippen molar-refractivity contribution >= 4 is 23.0 Å². The monoisotopic (exact) mass is 293 g/mol. The Balaban J connectivity index is 2.37. The van der Waals surface area contributed by atoms with E-state index in [0.717, 1.165) is 0 Å². The molecule has 7 heteroatoms. The number of para-hydroxylation sites is 1. The number of rotatable bonds is 5. The number of carbonyl (C=O) groups is 1. The van der Waals surface area contributed by atoms with Crippen LogP contribution in [0.3, 0.4) is 0 Å². The van der Waals surface area contributed by atoms with Crippen LogP contribution in [0, 0.1) is 10.1 Å². The first kappa shape index (κ1) is 14.0. The van der Waals surface area contributed by atoms with Crippen molar-refractivity contribution in [2.75, 3.05) is 6.61 Å². The highest BCUT2D eigenvalue weighted by molar-refractivity contribution is 7.12. The van der Waals surface area contributed by atoms with Gasteiger partial charge in [0.1, 0.15) is 4.88 Å². The number of hydrogen-bond donors (Lipinski definition) is 0. The van der Waals surface area contributed by atoms with Gasteiger partial charge in [0.25, 0.3) is 0 Å². The van der Waals surface area contributed by atoms with Gasteiger partial charge in [0.2, 0.25) is 5.75 Å². The van der Waals surface area contributed by atoms with Crippen LogP contribution in [-0.2, 0) is 0 Å². The maximum atomic E-state index is 11.9. The molecular formula is C13H11NO5S. The maximum absolute atomic E-state index is 11.9. The molecule has 0 atom stereocenters. The Morgan fingerprint density at radius 3 is 2.75 bits per heavy atom. The third-order valence-electron chi connectivity index (χ3n) is 2.37. The molecule has 0 aliphatic rings. The van der Waals surface area contributed by atoms with Crippen molar-refractivity contribution in [3.63, 3.8) is 0 Å². The second-order valence-electron chi connectivity index (χ2n) is 3.66. The number of benzene rings is 1. The SMILES string of the molecule is CCOc1cccc([N+](=O)[O-])c1OC(=O)c1cccs1. The minimum absolute atomic E-state index is 0.169. The summed E-state index contributed by atoms with van der Waals surface area (Å²) in [6.07, 6.45) is 0. The minimum Gasteiger partial charge on any atom is -0.490 e. The molecule has 0 aliphatic heterocycles. The molecule has 2 rings (SSSR count).